The van der Waals surface area contributed by atoms with Crippen molar-refractivity contribution in [3.63, 3.8) is 0 Å². The molecule has 1 saturated heterocycles. The molecule has 1 aromatic carbocycles. The molecule has 0 bridgehead atoms. The predicted molar refractivity (Wildman–Crippen MR) is 88.7 cm³/mol. The lowest BCUT2D eigenvalue weighted by atomic mass is 9.94. The van der Waals surface area contributed by atoms with Crippen molar-refractivity contribution >= 4 is 11.5 Å². The number of fused-ring (bicyclic) bond motifs is 1. The third-order valence-corrected chi connectivity index (χ3v) is 4.70. The lowest BCUT2D eigenvalue weighted by molar-refractivity contribution is -0.289. The topological polar surface area (TPSA) is 48.6 Å². The Kier molecular flexibility index (Phi) is 5.23. The number of hydrogen-bond acceptors (Lipinski definition) is 3. The Labute approximate surface area is 160 Å². The number of alkyl halides is 7. The van der Waals surface area contributed by atoms with Crippen LogP contribution in [0.3, 0.4) is 0 Å². The van der Waals surface area contributed by atoms with E-state index in [9.17, 15) is 30.7 Å². The van der Waals surface area contributed by atoms with Crippen molar-refractivity contribution in [2.75, 3.05) is 19.9 Å². The van der Waals surface area contributed by atoms with Gasteiger partial charge in [0, 0.05) is 24.1 Å². The van der Waals surface area contributed by atoms with E-state index < -0.39 is 36.6 Å². The predicted octanol–water partition coefficient (Wildman–Crippen LogP) is 4.73. The van der Waals surface area contributed by atoms with Crippen LogP contribution in [-0.4, -0.2) is 42.4 Å². The molecule has 2 heterocycles. The van der Waals surface area contributed by atoms with Crippen LogP contribution < -0.4 is 4.74 Å². The second kappa shape index (κ2) is 7.24. The van der Waals surface area contributed by atoms with Crippen LogP contribution in [0, 0.1) is 11.5 Å². The molecule has 0 atom stereocenters. The summed E-state index contributed by atoms with van der Waals surface area (Å²) in [6, 6.07) is 1.91. The maximum absolute atomic E-state index is 13.8. The monoisotopic (exact) mass is 421 g/mol. The van der Waals surface area contributed by atoms with Crippen molar-refractivity contribution in [3.8, 4) is 11.9 Å². The number of nitriles is 1. The van der Waals surface area contributed by atoms with E-state index in [2.05, 4.69) is 4.99 Å². The maximum Gasteiger partial charge on any atom is 0.458 e. The van der Waals surface area contributed by atoms with Crippen molar-refractivity contribution in [1.82, 2.24) is 4.90 Å². The fourth-order valence-electron chi connectivity index (χ4n) is 3.24. The molecular formula is C18H14F7N3O. The average Bonchev–Trinajstić information content (AvgIpc) is 3.14. The van der Waals surface area contributed by atoms with Crippen molar-refractivity contribution in [2.45, 2.75) is 30.5 Å². The van der Waals surface area contributed by atoms with Gasteiger partial charge in [-0.05, 0) is 30.7 Å². The number of nitrogens with zero attached hydrogens (tertiary/aromatic N) is 3. The zero-order valence-electron chi connectivity index (χ0n) is 14.7. The summed E-state index contributed by atoms with van der Waals surface area (Å²) in [5.74, 6) is -5.18. The molecule has 0 N–H and O–H groups in total. The zero-order chi connectivity index (χ0) is 21.4. The van der Waals surface area contributed by atoms with Crippen LogP contribution in [0.2, 0.25) is 0 Å². The molecule has 29 heavy (non-hydrogen) atoms. The van der Waals surface area contributed by atoms with E-state index in [0.29, 0.717) is 25.0 Å². The van der Waals surface area contributed by atoms with Gasteiger partial charge in [0.25, 0.3) is 0 Å². The van der Waals surface area contributed by atoms with E-state index in [4.69, 9.17) is 10.00 Å². The molecule has 0 unspecified atom stereocenters. The summed E-state index contributed by atoms with van der Waals surface area (Å²) < 4.78 is 98.4. The molecule has 0 radical (unpaired) electrons. The quantitative estimate of drug-likeness (QED) is 0.522. The molecule has 1 aromatic rings. The lowest BCUT2D eigenvalue weighted by Gasteiger charge is -2.36. The van der Waals surface area contributed by atoms with E-state index in [1.165, 1.54) is 4.90 Å². The minimum atomic E-state index is -5.83. The highest BCUT2D eigenvalue weighted by molar-refractivity contribution is 5.94. The second-order valence-electron chi connectivity index (χ2n) is 6.63. The number of halogens is 7. The summed E-state index contributed by atoms with van der Waals surface area (Å²) in [7, 11) is 0. The molecule has 2 aliphatic rings. The van der Waals surface area contributed by atoms with Crippen molar-refractivity contribution in [1.29, 1.82) is 5.26 Å². The van der Waals surface area contributed by atoms with Gasteiger partial charge in [0.05, 0.1) is 5.70 Å². The average molecular weight is 421 g/mol. The molecule has 0 saturated carbocycles. The third kappa shape index (κ3) is 3.52. The summed E-state index contributed by atoms with van der Waals surface area (Å²) in [6.45, 7) is -2.36. The van der Waals surface area contributed by atoms with Crippen LogP contribution in [0.1, 0.15) is 24.0 Å². The summed E-state index contributed by atoms with van der Waals surface area (Å²) in [6.07, 6.45) is -2.41. The van der Waals surface area contributed by atoms with Gasteiger partial charge in [-0.25, -0.2) is 8.78 Å². The molecule has 156 valence electrons. The Morgan fingerprint density at radius 1 is 1.17 bits per heavy atom. The molecule has 4 nitrogen and oxygen atoms in total. The van der Waals surface area contributed by atoms with Gasteiger partial charge in [0.1, 0.15) is 24.9 Å². The fraction of sp³-hybridized carbons (Fsp3) is 0.444. The Hall–Kier alpha value is -2.77. The first-order valence-corrected chi connectivity index (χ1v) is 8.45. The van der Waals surface area contributed by atoms with Gasteiger partial charge in [-0.3, -0.25) is 0 Å². The van der Waals surface area contributed by atoms with Gasteiger partial charge in [0.2, 0.25) is 6.19 Å². The van der Waals surface area contributed by atoms with Gasteiger partial charge in [-0.1, -0.05) is 0 Å². The van der Waals surface area contributed by atoms with Gasteiger partial charge in [0.15, 0.2) is 5.60 Å². The number of amidine groups is 1. The summed E-state index contributed by atoms with van der Waals surface area (Å²) in [4.78, 5) is 4.99. The van der Waals surface area contributed by atoms with Gasteiger partial charge in [-0.15, -0.1) is 0 Å². The van der Waals surface area contributed by atoms with Crippen LogP contribution in [-0.2, 0) is 5.92 Å². The molecular weight excluding hydrogens is 407 g/mol. The summed E-state index contributed by atoms with van der Waals surface area (Å²) >= 11 is 0. The van der Waals surface area contributed by atoms with Crippen LogP contribution >= 0.6 is 0 Å². The standard InChI is InChI=1S/C18H14F7N3O/c19-8-16(9-20)7-13(28-5-1-2-15(28)27-10-26)12-6-11(3-4-14(12)29-16)17(21,22)18(23,24)25/h3-4,6-7H,1-2,5,8-9H2. The van der Waals surface area contributed by atoms with Crippen LogP contribution in [0.25, 0.3) is 5.70 Å². The SMILES string of the molecule is N#CN=C1CCCN1C1=CC(CF)(CF)Oc2ccc(C(F)(F)C(F)(F)F)cc21. The van der Waals surface area contributed by atoms with E-state index in [0.717, 1.165) is 12.1 Å². The molecule has 11 heteroatoms. The fourth-order valence-corrected chi connectivity index (χ4v) is 3.24. The van der Waals surface area contributed by atoms with Crippen molar-refractivity contribution in [3.05, 3.63) is 35.4 Å². The molecule has 2 aliphatic heterocycles. The third-order valence-electron chi connectivity index (χ3n) is 4.70. The molecule has 0 aromatic heterocycles. The Morgan fingerprint density at radius 3 is 2.45 bits per heavy atom. The minimum absolute atomic E-state index is 0.0344. The molecule has 0 spiro atoms. The Morgan fingerprint density at radius 2 is 1.86 bits per heavy atom. The first kappa shape index (κ1) is 21.0. The normalized spacial score (nSPS) is 20.1. The highest BCUT2D eigenvalue weighted by Crippen LogP contribution is 2.47. The number of aliphatic imine (C=N–C) groups is 1. The Bertz CT molecular complexity index is 898. The van der Waals surface area contributed by atoms with E-state index >= 15 is 0 Å². The van der Waals surface area contributed by atoms with Crippen LogP contribution in [0.5, 0.6) is 5.75 Å². The van der Waals surface area contributed by atoms with Gasteiger partial charge >= 0.3 is 12.1 Å². The first-order chi connectivity index (χ1) is 13.6. The maximum atomic E-state index is 13.8. The molecule has 0 aliphatic carbocycles. The number of benzene rings is 1. The van der Waals surface area contributed by atoms with Gasteiger partial charge in [-0.2, -0.15) is 32.2 Å². The van der Waals surface area contributed by atoms with Crippen LogP contribution in [0.15, 0.2) is 29.3 Å². The van der Waals surface area contributed by atoms with E-state index in [-0.39, 0.29) is 29.4 Å². The largest absolute Gasteiger partial charge is 0.477 e. The smallest absolute Gasteiger partial charge is 0.458 e. The molecule has 1 fully saturated rings. The first-order valence-electron chi connectivity index (χ1n) is 8.45. The minimum Gasteiger partial charge on any atom is -0.477 e. The number of ether oxygens (including phenoxy) is 1. The van der Waals surface area contributed by atoms with Crippen LogP contribution in [0.4, 0.5) is 30.7 Å². The van der Waals surface area contributed by atoms with E-state index in [1.54, 1.807) is 6.19 Å². The Balaban J connectivity index is 2.18. The van der Waals surface area contributed by atoms with Gasteiger partial charge < -0.3 is 9.64 Å². The number of hydrogen-bond donors (Lipinski definition) is 0. The second-order valence-corrected chi connectivity index (χ2v) is 6.63. The summed E-state index contributed by atoms with van der Waals surface area (Å²) in [5.41, 5.74) is -3.63. The highest BCUT2D eigenvalue weighted by Gasteiger charge is 2.59. The van der Waals surface area contributed by atoms with Crippen molar-refractivity contribution < 1.29 is 35.5 Å². The highest BCUT2D eigenvalue weighted by atomic mass is 19.4. The molecule has 3 rings (SSSR count). The van der Waals surface area contributed by atoms with Crippen molar-refractivity contribution in [2.24, 2.45) is 4.99 Å². The molecule has 0 amide bonds. The van der Waals surface area contributed by atoms with E-state index in [1.807, 2.05) is 0 Å². The number of rotatable bonds is 4. The summed E-state index contributed by atoms with van der Waals surface area (Å²) in [5, 5.41) is 8.82. The number of likely N-dealkylation sites (tertiary alicyclic amines) is 1. The zero-order valence-corrected chi connectivity index (χ0v) is 14.7. The lowest BCUT2D eigenvalue weighted by Crippen LogP contribution is -2.43.